The van der Waals surface area contributed by atoms with Gasteiger partial charge in [-0.25, -0.2) is 12.7 Å². The quantitative estimate of drug-likeness (QED) is 0.824. The van der Waals surface area contributed by atoms with Crippen molar-refractivity contribution in [2.24, 2.45) is 0 Å². The number of nitrogen functional groups attached to an aromatic ring is 1. The van der Waals surface area contributed by atoms with Crippen molar-refractivity contribution in [3.8, 4) is 0 Å². The van der Waals surface area contributed by atoms with Gasteiger partial charge in [0.15, 0.2) is 0 Å². The van der Waals surface area contributed by atoms with Gasteiger partial charge in [0.25, 0.3) is 0 Å². The Labute approximate surface area is 123 Å². The number of benzene rings is 1. The van der Waals surface area contributed by atoms with Gasteiger partial charge in [0, 0.05) is 23.8 Å². The summed E-state index contributed by atoms with van der Waals surface area (Å²) in [5, 5.41) is 0. The third kappa shape index (κ3) is 4.10. The van der Waals surface area contributed by atoms with Gasteiger partial charge in [0.1, 0.15) is 0 Å². The lowest BCUT2D eigenvalue weighted by atomic mass is 10.2. The fraction of sp³-hybridized carbons (Fsp3) is 0.455. The van der Waals surface area contributed by atoms with Crippen LogP contribution in [0, 0.1) is 6.92 Å². The smallest absolute Gasteiger partial charge is 0.390 e. The first-order valence-electron chi connectivity index (χ1n) is 5.54. The third-order valence-corrected chi connectivity index (χ3v) is 5.20. The molecule has 1 aromatic carbocycles. The largest absolute Gasteiger partial charge is 0.398 e. The van der Waals surface area contributed by atoms with Crippen molar-refractivity contribution < 1.29 is 21.6 Å². The van der Waals surface area contributed by atoms with Crippen LogP contribution >= 0.6 is 15.9 Å². The monoisotopic (exact) mass is 374 g/mol. The SMILES string of the molecule is Cc1c(N)cc(Br)cc1S(=O)(=O)N(C)CCC(F)(F)F. The van der Waals surface area contributed by atoms with E-state index in [4.69, 9.17) is 5.73 Å². The first-order valence-corrected chi connectivity index (χ1v) is 7.77. The van der Waals surface area contributed by atoms with Gasteiger partial charge in [-0.3, -0.25) is 0 Å². The molecule has 0 aliphatic heterocycles. The molecule has 0 spiro atoms. The van der Waals surface area contributed by atoms with E-state index in [9.17, 15) is 21.6 Å². The molecule has 0 aliphatic carbocycles. The molecule has 1 aromatic rings. The number of anilines is 1. The standard InChI is InChI=1S/C11H14BrF3N2O2S/c1-7-9(16)5-8(12)6-10(7)20(18,19)17(2)4-3-11(13,14)15/h5-6H,3-4,16H2,1-2H3. The van der Waals surface area contributed by atoms with Crippen molar-refractivity contribution in [3.05, 3.63) is 22.2 Å². The van der Waals surface area contributed by atoms with Gasteiger partial charge in [0.05, 0.1) is 11.3 Å². The molecule has 2 N–H and O–H groups in total. The van der Waals surface area contributed by atoms with Crippen LogP contribution in [0.4, 0.5) is 18.9 Å². The zero-order valence-corrected chi connectivity index (χ0v) is 13.2. The van der Waals surface area contributed by atoms with E-state index in [1.807, 2.05) is 0 Å². The molecule has 0 atom stereocenters. The summed E-state index contributed by atoms with van der Waals surface area (Å²) in [6, 6.07) is 2.86. The molecule has 0 amide bonds. The maximum Gasteiger partial charge on any atom is 0.390 e. The molecule has 0 bridgehead atoms. The molecule has 20 heavy (non-hydrogen) atoms. The van der Waals surface area contributed by atoms with Gasteiger partial charge in [-0.2, -0.15) is 13.2 Å². The normalized spacial score (nSPS) is 12.9. The van der Waals surface area contributed by atoms with Gasteiger partial charge in [-0.1, -0.05) is 15.9 Å². The molecule has 9 heteroatoms. The molecule has 1 rings (SSSR count). The summed E-state index contributed by atoms with van der Waals surface area (Å²) in [6.07, 6.45) is -5.61. The highest BCUT2D eigenvalue weighted by Gasteiger charge is 2.31. The molecule has 0 heterocycles. The van der Waals surface area contributed by atoms with E-state index in [2.05, 4.69) is 15.9 Å². The summed E-state index contributed by atoms with van der Waals surface area (Å²) in [5.74, 6) is 0. The molecule has 4 nitrogen and oxygen atoms in total. The maximum atomic E-state index is 12.3. The lowest BCUT2D eigenvalue weighted by Crippen LogP contribution is -2.31. The van der Waals surface area contributed by atoms with Gasteiger partial charge in [-0.15, -0.1) is 0 Å². The van der Waals surface area contributed by atoms with Crippen molar-refractivity contribution in [2.75, 3.05) is 19.3 Å². The minimum absolute atomic E-state index is 0.103. The van der Waals surface area contributed by atoms with Gasteiger partial charge >= 0.3 is 6.18 Å². The Kier molecular flexibility index (Phi) is 5.09. The van der Waals surface area contributed by atoms with Crippen molar-refractivity contribution in [3.63, 3.8) is 0 Å². The number of hydrogen-bond donors (Lipinski definition) is 1. The van der Waals surface area contributed by atoms with Gasteiger partial charge in [-0.05, 0) is 24.6 Å². The Balaban J connectivity index is 3.11. The fourth-order valence-corrected chi connectivity index (χ4v) is 3.59. The van der Waals surface area contributed by atoms with Crippen LogP contribution in [0.2, 0.25) is 0 Å². The number of sulfonamides is 1. The Morgan fingerprint density at radius 1 is 1.35 bits per heavy atom. The average molecular weight is 375 g/mol. The number of hydrogen-bond acceptors (Lipinski definition) is 3. The molecule has 0 unspecified atom stereocenters. The minimum Gasteiger partial charge on any atom is -0.398 e. The van der Waals surface area contributed by atoms with Crippen molar-refractivity contribution in [2.45, 2.75) is 24.4 Å². The van der Waals surface area contributed by atoms with Crippen LogP contribution in [0.15, 0.2) is 21.5 Å². The topological polar surface area (TPSA) is 63.4 Å². The highest BCUT2D eigenvalue weighted by Crippen LogP contribution is 2.29. The predicted octanol–water partition coefficient (Wildman–Crippen LogP) is 2.91. The number of alkyl halides is 3. The van der Waals surface area contributed by atoms with Gasteiger partial charge in [0.2, 0.25) is 10.0 Å². The summed E-state index contributed by atoms with van der Waals surface area (Å²) in [4.78, 5) is -0.103. The number of halogens is 4. The van der Waals surface area contributed by atoms with E-state index in [0.29, 0.717) is 14.3 Å². The maximum absolute atomic E-state index is 12.3. The van der Waals surface area contributed by atoms with Crippen molar-refractivity contribution >= 4 is 31.6 Å². The molecule has 0 saturated heterocycles. The van der Waals surface area contributed by atoms with E-state index >= 15 is 0 Å². The van der Waals surface area contributed by atoms with E-state index < -0.39 is 29.2 Å². The second-order valence-corrected chi connectivity index (χ2v) is 7.24. The van der Waals surface area contributed by atoms with Crippen LogP contribution in [0.3, 0.4) is 0 Å². The first-order chi connectivity index (χ1) is 8.95. The van der Waals surface area contributed by atoms with Gasteiger partial charge < -0.3 is 5.73 Å². The molecule has 0 radical (unpaired) electrons. The number of nitrogens with zero attached hydrogens (tertiary/aromatic N) is 1. The third-order valence-electron chi connectivity index (χ3n) is 2.76. The molecular formula is C11H14BrF3N2O2S. The highest BCUT2D eigenvalue weighted by atomic mass is 79.9. The highest BCUT2D eigenvalue weighted by molar-refractivity contribution is 9.10. The summed E-state index contributed by atoms with van der Waals surface area (Å²) in [5.41, 5.74) is 6.23. The number of nitrogens with two attached hydrogens (primary N) is 1. The van der Waals surface area contributed by atoms with Crippen LogP contribution in [0.1, 0.15) is 12.0 Å². The summed E-state index contributed by atoms with van der Waals surface area (Å²) < 4.78 is 62.1. The van der Waals surface area contributed by atoms with Crippen molar-refractivity contribution in [1.82, 2.24) is 4.31 Å². The number of rotatable bonds is 4. The molecule has 0 fully saturated rings. The molecule has 0 aliphatic rings. The van der Waals surface area contributed by atoms with E-state index in [1.165, 1.54) is 19.1 Å². The van der Waals surface area contributed by atoms with Crippen LogP contribution < -0.4 is 5.73 Å². The van der Waals surface area contributed by atoms with E-state index in [-0.39, 0.29) is 10.6 Å². The Bertz CT molecular complexity index is 602. The molecular weight excluding hydrogens is 361 g/mol. The Hall–Kier alpha value is -0.800. The lowest BCUT2D eigenvalue weighted by Gasteiger charge is -2.20. The van der Waals surface area contributed by atoms with E-state index in [1.54, 1.807) is 0 Å². The lowest BCUT2D eigenvalue weighted by molar-refractivity contribution is -0.135. The summed E-state index contributed by atoms with van der Waals surface area (Å²) in [7, 11) is -2.91. The van der Waals surface area contributed by atoms with E-state index in [0.717, 1.165) is 7.05 Å². The molecule has 0 aromatic heterocycles. The Morgan fingerprint density at radius 2 is 1.90 bits per heavy atom. The van der Waals surface area contributed by atoms with Crippen LogP contribution in [-0.2, 0) is 10.0 Å². The predicted molar refractivity (Wildman–Crippen MR) is 73.8 cm³/mol. The Morgan fingerprint density at radius 3 is 2.40 bits per heavy atom. The minimum atomic E-state index is -4.41. The fourth-order valence-electron chi connectivity index (χ4n) is 1.51. The van der Waals surface area contributed by atoms with Crippen LogP contribution in [0.25, 0.3) is 0 Å². The van der Waals surface area contributed by atoms with Crippen LogP contribution in [0.5, 0.6) is 0 Å². The summed E-state index contributed by atoms with van der Waals surface area (Å²) in [6.45, 7) is 0.865. The second kappa shape index (κ2) is 5.90. The molecule has 114 valence electrons. The van der Waals surface area contributed by atoms with Crippen LogP contribution in [-0.4, -0.2) is 32.5 Å². The summed E-state index contributed by atoms with van der Waals surface area (Å²) >= 11 is 3.12. The average Bonchev–Trinajstić information content (AvgIpc) is 2.29. The zero-order chi connectivity index (χ0) is 15.7. The molecule has 0 saturated carbocycles. The second-order valence-electron chi connectivity index (χ2n) is 4.31. The first kappa shape index (κ1) is 17.3. The van der Waals surface area contributed by atoms with Crippen molar-refractivity contribution in [1.29, 1.82) is 0 Å². The zero-order valence-electron chi connectivity index (χ0n) is 10.8.